The Morgan fingerprint density at radius 2 is 1.82 bits per heavy atom. The average molecular weight is 482 g/mol. The van der Waals surface area contributed by atoms with Crippen LogP contribution in [0.3, 0.4) is 0 Å². The van der Waals surface area contributed by atoms with Gasteiger partial charge in [0.25, 0.3) is 5.56 Å². The molecule has 1 aromatic carbocycles. The van der Waals surface area contributed by atoms with Crippen LogP contribution in [0.25, 0.3) is 21.3 Å². The third-order valence-corrected chi connectivity index (χ3v) is 6.92. The molecule has 9 heteroatoms. The van der Waals surface area contributed by atoms with Gasteiger partial charge < -0.3 is 10.2 Å². The predicted octanol–water partition coefficient (Wildman–Crippen LogP) is 2.49. The Morgan fingerprint density at radius 1 is 1.12 bits per heavy atom. The van der Waals surface area contributed by atoms with Gasteiger partial charge in [-0.2, -0.15) is 0 Å². The van der Waals surface area contributed by atoms with Gasteiger partial charge in [-0.1, -0.05) is 29.8 Å². The number of nitrogens with one attached hydrogen (secondary N) is 1. The van der Waals surface area contributed by atoms with E-state index >= 15 is 0 Å². The van der Waals surface area contributed by atoms with Crippen molar-refractivity contribution >= 4 is 33.4 Å². The molecule has 0 radical (unpaired) electrons. The molecule has 0 atom stereocenters. The smallest absolute Gasteiger partial charge is 0.262 e. The van der Waals surface area contributed by atoms with Crippen molar-refractivity contribution in [2.45, 2.75) is 39.8 Å². The molecule has 4 rings (SSSR count). The van der Waals surface area contributed by atoms with Crippen molar-refractivity contribution < 1.29 is 9.59 Å². The molecule has 1 aliphatic heterocycles. The Balaban J connectivity index is 1.37. The van der Waals surface area contributed by atoms with E-state index in [1.807, 2.05) is 55.3 Å². The SMILES string of the molecule is Cc1ccc(-c2csc3ncn(CCC(=O)N4CCN(CC(=O)NC(C)C)CC4)c(=O)c23)cc1. The van der Waals surface area contributed by atoms with Gasteiger partial charge in [-0.25, -0.2) is 4.98 Å². The number of piperazine rings is 1. The third kappa shape index (κ3) is 5.53. The fourth-order valence-electron chi connectivity index (χ4n) is 4.17. The second kappa shape index (κ2) is 10.5. The highest BCUT2D eigenvalue weighted by atomic mass is 32.1. The fourth-order valence-corrected chi connectivity index (χ4v) is 5.08. The van der Waals surface area contributed by atoms with Crippen LogP contribution in [-0.4, -0.2) is 69.9 Å². The molecule has 0 spiro atoms. The highest BCUT2D eigenvalue weighted by Gasteiger charge is 2.23. The van der Waals surface area contributed by atoms with Crippen LogP contribution < -0.4 is 10.9 Å². The van der Waals surface area contributed by atoms with Crippen molar-refractivity contribution in [3.8, 4) is 11.1 Å². The van der Waals surface area contributed by atoms with Crippen LogP contribution in [0.15, 0.2) is 40.8 Å². The Hall–Kier alpha value is -3.04. The first-order valence-corrected chi connectivity index (χ1v) is 12.5. The van der Waals surface area contributed by atoms with Crippen molar-refractivity contribution in [3.05, 3.63) is 51.9 Å². The molecular formula is C25H31N5O3S. The van der Waals surface area contributed by atoms with Gasteiger partial charge in [-0.05, 0) is 26.3 Å². The van der Waals surface area contributed by atoms with Crippen molar-refractivity contribution in [2.75, 3.05) is 32.7 Å². The lowest BCUT2D eigenvalue weighted by atomic mass is 10.1. The van der Waals surface area contributed by atoms with E-state index in [0.717, 1.165) is 16.7 Å². The van der Waals surface area contributed by atoms with Gasteiger partial charge in [0.15, 0.2) is 0 Å². The molecule has 3 aromatic rings. The number of aromatic nitrogens is 2. The fraction of sp³-hybridized carbons (Fsp3) is 0.440. The van der Waals surface area contributed by atoms with Gasteiger partial charge in [0, 0.05) is 56.1 Å². The van der Waals surface area contributed by atoms with Gasteiger partial charge >= 0.3 is 0 Å². The maximum absolute atomic E-state index is 13.2. The minimum absolute atomic E-state index is 0.00970. The maximum Gasteiger partial charge on any atom is 0.262 e. The van der Waals surface area contributed by atoms with E-state index in [1.165, 1.54) is 15.9 Å². The number of thiophene rings is 1. The summed E-state index contributed by atoms with van der Waals surface area (Å²) in [5, 5.41) is 5.48. The summed E-state index contributed by atoms with van der Waals surface area (Å²) in [6, 6.07) is 8.22. The molecule has 180 valence electrons. The number of aryl methyl sites for hydroxylation is 2. The molecular weight excluding hydrogens is 450 g/mol. The summed E-state index contributed by atoms with van der Waals surface area (Å²) < 4.78 is 1.54. The quantitative estimate of drug-likeness (QED) is 0.560. The van der Waals surface area contributed by atoms with E-state index < -0.39 is 0 Å². The molecule has 3 heterocycles. The van der Waals surface area contributed by atoms with E-state index in [2.05, 4.69) is 15.2 Å². The zero-order valence-electron chi connectivity index (χ0n) is 19.9. The molecule has 34 heavy (non-hydrogen) atoms. The summed E-state index contributed by atoms with van der Waals surface area (Å²) in [6.45, 7) is 9.06. The molecule has 1 aliphatic rings. The first-order chi connectivity index (χ1) is 16.3. The Morgan fingerprint density at radius 3 is 2.50 bits per heavy atom. The summed E-state index contributed by atoms with van der Waals surface area (Å²) in [5.41, 5.74) is 2.92. The number of fused-ring (bicyclic) bond motifs is 1. The molecule has 0 aliphatic carbocycles. The van der Waals surface area contributed by atoms with Crippen molar-refractivity contribution in [3.63, 3.8) is 0 Å². The van der Waals surface area contributed by atoms with Gasteiger partial charge in [-0.15, -0.1) is 11.3 Å². The van der Waals surface area contributed by atoms with E-state index in [0.29, 0.717) is 49.5 Å². The molecule has 1 fully saturated rings. The molecule has 1 N–H and O–H groups in total. The average Bonchev–Trinajstić information content (AvgIpc) is 3.24. The number of nitrogens with zero attached hydrogens (tertiary/aromatic N) is 4. The lowest BCUT2D eigenvalue weighted by molar-refractivity contribution is -0.133. The van der Waals surface area contributed by atoms with Gasteiger partial charge in [-0.3, -0.25) is 23.9 Å². The normalized spacial score (nSPS) is 14.6. The van der Waals surface area contributed by atoms with Gasteiger partial charge in [0.2, 0.25) is 11.8 Å². The Kier molecular flexibility index (Phi) is 7.43. The second-order valence-electron chi connectivity index (χ2n) is 9.07. The summed E-state index contributed by atoms with van der Waals surface area (Å²) in [6.07, 6.45) is 1.78. The molecule has 2 amide bonds. The van der Waals surface area contributed by atoms with E-state index in [4.69, 9.17) is 0 Å². The van der Waals surface area contributed by atoms with Gasteiger partial charge in [0.05, 0.1) is 18.3 Å². The number of carbonyl (C=O) groups is 2. The highest BCUT2D eigenvalue weighted by Crippen LogP contribution is 2.30. The van der Waals surface area contributed by atoms with E-state index in [9.17, 15) is 14.4 Å². The lowest BCUT2D eigenvalue weighted by Crippen LogP contribution is -2.51. The summed E-state index contributed by atoms with van der Waals surface area (Å²) >= 11 is 1.46. The number of benzene rings is 1. The van der Waals surface area contributed by atoms with Crippen molar-refractivity contribution in [1.82, 2.24) is 24.7 Å². The molecule has 2 aromatic heterocycles. The minimum atomic E-state index is -0.115. The largest absolute Gasteiger partial charge is 0.353 e. The molecule has 0 bridgehead atoms. The number of amides is 2. The minimum Gasteiger partial charge on any atom is -0.353 e. The molecule has 0 unspecified atom stereocenters. The van der Waals surface area contributed by atoms with Crippen molar-refractivity contribution in [1.29, 1.82) is 0 Å². The van der Waals surface area contributed by atoms with Crippen LogP contribution in [0.5, 0.6) is 0 Å². The van der Waals surface area contributed by atoms with Crippen LogP contribution in [-0.2, 0) is 16.1 Å². The van der Waals surface area contributed by atoms with E-state index in [-0.39, 0.29) is 29.8 Å². The number of hydrogen-bond donors (Lipinski definition) is 1. The van der Waals surface area contributed by atoms with Crippen LogP contribution in [0.2, 0.25) is 0 Å². The van der Waals surface area contributed by atoms with Crippen LogP contribution in [0, 0.1) is 6.92 Å². The number of carbonyl (C=O) groups excluding carboxylic acids is 2. The highest BCUT2D eigenvalue weighted by molar-refractivity contribution is 7.17. The topological polar surface area (TPSA) is 87.5 Å². The number of hydrogen-bond acceptors (Lipinski definition) is 6. The first kappa shape index (κ1) is 24.1. The lowest BCUT2D eigenvalue weighted by Gasteiger charge is -2.34. The van der Waals surface area contributed by atoms with Crippen LogP contribution in [0.1, 0.15) is 25.8 Å². The zero-order chi connectivity index (χ0) is 24.2. The molecule has 0 saturated carbocycles. The molecule has 8 nitrogen and oxygen atoms in total. The predicted molar refractivity (Wildman–Crippen MR) is 135 cm³/mol. The third-order valence-electron chi connectivity index (χ3n) is 6.03. The standard InChI is InChI=1S/C25H31N5O3S/c1-17(2)27-21(31)14-28-10-12-29(13-11-28)22(32)8-9-30-16-26-24-23(25(30)33)20(15-34-24)19-6-4-18(3)5-7-19/h4-7,15-17H,8-14H2,1-3H3,(H,27,31). The van der Waals surface area contributed by atoms with Crippen LogP contribution >= 0.6 is 11.3 Å². The second-order valence-corrected chi connectivity index (χ2v) is 9.93. The summed E-state index contributed by atoms with van der Waals surface area (Å²) in [4.78, 5) is 47.0. The molecule has 1 saturated heterocycles. The Bertz CT molecular complexity index is 1220. The zero-order valence-corrected chi connectivity index (χ0v) is 20.7. The summed E-state index contributed by atoms with van der Waals surface area (Å²) in [5.74, 6) is 0.0258. The maximum atomic E-state index is 13.2. The van der Waals surface area contributed by atoms with E-state index in [1.54, 1.807) is 6.33 Å². The number of rotatable bonds is 7. The first-order valence-electron chi connectivity index (χ1n) is 11.6. The van der Waals surface area contributed by atoms with Crippen molar-refractivity contribution in [2.24, 2.45) is 0 Å². The summed E-state index contributed by atoms with van der Waals surface area (Å²) in [7, 11) is 0. The van der Waals surface area contributed by atoms with Gasteiger partial charge in [0.1, 0.15) is 4.83 Å². The monoisotopic (exact) mass is 481 g/mol. The van der Waals surface area contributed by atoms with Crippen LogP contribution in [0.4, 0.5) is 0 Å². The Labute approximate surface area is 203 Å².